The SMILES string of the molecule is COc1cc2c(cc1NC(=O)CCNC(=O)N(C)Cc1ccccc1)oc1ccccc12. The fraction of sp³-hybridized carbons (Fsp3) is 0.200. The van der Waals surface area contributed by atoms with Gasteiger partial charge in [-0.3, -0.25) is 4.79 Å². The molecule has 164 valence electrons. The first kappa shape index (κ1) is 21.2. The summed E-state index contributed by atoms with van der Waals surface area (Å²) in [7, 11) is 3.28. The third-order valence-electron chi connectivity index (χ3n) is 5.21. The minimum Gasteiger partial charge on any atom is -0.495 e. The van der Waals surface area contributed by atoms with E-state index in [0.29, 0.717) is 23.6 Å². The number of benzene rings is 3. The van der Waals surface area contributed by atoms with Crippen molar-refractivity contribution < 1.29 is 18.7 Å². The molecule has 0 atom stereocenters. The number of amides is 3. The van der Waals surface area contributed by atoms with Crippen molar-refractivity contribution in [3.8, 4) is 5.75 Å². The van der Waals surface area contributed by atoms with Gasteiger partial charge in [0.05, 0.1) is 12.8 Å². The summed E-state index contributed by atoms with van der Waals surface area (Å²) in [4.78, 5) is 26.3. The molecule has 0 fully saturated rings. The van der Waals surface area contributed by atoms with Crippen molar-refractivity contribution in [1.29, 1.82) is 0 Å². The normalized spacial score (nSPS) is 10.8. The van der Waals surface area contributed by atoms with Gasteiger partial charge >= 0.3 is 6.03 Å². The van der Waals surface area contributed by atoms with Gasteiger partial charge < -0.3 is 24.7 Å². The first-order chi connectivity index (χ1) is 15.5. The summed E-state index contributed by atoms with van der Waals surface area (Å²) in [6.45, 7) is 0.715. The molecule has 1 aromatic heterocycles. The lowest BCUT2D eigenvalue weighted by Gasteiger charge is -2.18. The number of nitrogens with zero attached hydrogens (tertiary/aromatic N) is 1. The first-order valence-corrected chi connectivity index (χ1v) is 10.4. The fourth-order valence-corrected chi connectivity index (χ4v) is 3.58. The summed E-state index contributed by atoms with van der Waals surface area (Å²) in [5.41, 5.74) is 3.00. The van der Waals surface area contributed by atoms with Crippen LogP contribution in [-0.2, 0) is 11.3 Å². The van der Waals surface area contributed by atoms with E-state index < -0.39 is 0 Å². The maximum Gasteiger partial charge on any atom is 0.317 e. The summed E-state index contributed by atoms with van der Waals surface area (Å²) in [6.07, 6.45) is 0.131. The van der Waals surface area contributed by atoms with Crippen LogP contribution in [0.3, 0.4) is 0 Å². The molecule has 0 radical (unpaired) electrons. The first-order valence-electron chi connectivity index (χ1n) is 10.4. The molecule has 2 N–H and O–H groups in total. The van der Waals surface area contributed by atoms with Crippen LogP contribution in [0.4, 0.5) is 10.5 Å². The molecule has 4 aromatic rings. The van der Waals surface area contributed by atoms with Gasteiger partial charge in [0.25, 0.3) is 0 Å². The van der Waals surface area contributed by atoms with E-state index >= 15 is 0 Å². The van der Waals surface area contributed by atoms with E-state index in [9.17, 15) is 9.59 Å². The number of methoxy groups -OCH3 is 1. The number of para-hydroxylation sites is 1. The van der Waals surface area contributed by atoms with Gasteiger partial charge in [0.1, 0.15) is 16.9 Å². The summed E-state index contributed by atoms with van der Waals surface area (Å²) in [5, 5.41) is 7.53. The minimum atomic E-state index is -0.233. The van der Waals surface area contributed by atoms with Crippen molar-refractivity contribution >= 4 is 39.6 Å². The Morgan fingerprint density at radius 3 is 2.50 bits per heavy atom. The van der Waals surface area contributed by atoms with E-state index in [4.69, 9.17) is 9.15 Å². The predicted molar refractivity (Wildman–Crippen MR) is 125 cm³/mol. The Hall–Kier alpha value is -4.00. The quantitative estimate of drug-likeness (QED) is 0.442. The molecular formula is C25H25N3O4. The van der Waals surface area contributed by atoms with Crippen LogP contribution in [0.5, 0.6) is 5.75 Å². The van der Waals surface area contributed by atoms with Gasteiger partial charge in [-0.05, 0) is 17.7 Å². The number of urea groups is 1. The molecule has 7 heteroatoms. The van der Waals surface area contributed by atoms with Crippen molar-refractivity contribution in [2.45, 2.75) is 13.0 Å². The molecule has 0 saturated heterocycles. The number of fused-ring (bicyclic) bond motifs is 3. The van der Waals surface area contributed by atoms with Crippen LogP contribution in [0.1, 0.15) is 12.0 Å². The number of carbonyl (C=O) groups excluding carboxylic acids is 2. The number of ether oxygens (including phenoxy) is 1. The maximum atomic E-state index is 12.5. The number of hydrogen-bond acceptors (Lipinski definition) is 4. The van der Waals surface area contributed by atoms with E-state index in [1.165, 1.54) is 0 Å². The minimum absolute atomic E-state index is 0.131. The van der Waals surface area contributed by atoms with Crippen LogP contribution in [0, 0.1) is 0 Å². The lowest BCUT2D eigenvalue weighted by Crippen LogP contribution is -2.38. The molecule has 0 spiro atoms. The second kappa shape index (κ2) is 9.43. The number of hydrogen-bond donors (Lipinski definition) is 2. The van der Waals surface area contributed by atoms with Crippen LogP contribution < -0.4 is 15.4 Å². The standard InChI is InChI=1S/C25H25N3O4/c1-28(16-17-8-4-3-5-9-17)25(30)26-13-12-24(29)27-20-15-22-19(14-23(20)31-2)18-10-6-7-11-21(18)32-22/h3-11,14-15H,12-13,16H2,1-2H3,(H,26,30)(H,27,29). The van der Waals surface area contributed by atoms with Gasteiger partial charge in [-0.1, -0.05) is 48.5 Å². The lowest BCUT2D eigenvalue weighted by atomic mass is 10.1. The molecule has 32 heavy (non-hydrogen) atoms. The number of nitrogens with one attached hydrogen (secondary N) is 2. The number of carbonyl (C=O) groups is 2. The highest BCUT2D eigenvalue weighted by Gasteiger charge is 2.15. The molecule has 3 aromatic carbocycles. The highest BCUT2D eigenvalue weighted by Crippen LogP contribution is 2.36. The van der Waals surface area contributed by atoms with Crippen molar-refractivity contribution in [3.05, 3.63) is 72.3 Å². The summed E-state index contributed by atoms with van der Waals surface area (Å²) < 4.78 is 11.4. The lowest BCUT2D eigenvalue weighted by molar-refractivity contribution is -0.116. The summed E-state index contributed by atoms with van der Waals surface area (Å²) in [5.74, 6) is 0.314. The average molecular weight is 431 g/mol. The van der Waals surface area contributed by atoms with Crippen LogP contribution in [0.2, 0.25) is 0 Å². The number of furan rings is 1. The van der Waals surface area contributed by atoms with Gasteiger partial charge in [-0.2, -0.15) is 0 Å². The average Bonchev–Trinajstić information content (AvgIpc) is 3.16. The molecule has 0 saturated carbocycles. The molecule has 0 bridgehead atoms. The second-order valence-electron chi connectivity index (χ2n) is 7.52. The van der Waals surface area contributed by atoms with Gasteiger partial charge in [-0.15, -0.1) is 0 Å². The van der Waals surface area contributed by atoms with Crippen LogP contribution >= 0.6 is 0 Å². The Morgan fingerprint density at radius 2 is 1.72 bits per heavy atom. The predicted octanol–water partition coefficient (Wildman–Crippen LogP) is 4.76. The zero-order valence-corrected chi connectivity index (χ0v) is 18.1. The van der Waals surface area contributed by atoms with Crippen LogP contribution in [-0.4, -0.2) is 37.5 Å². The fourth-order valence-electron chi connectivity index (χ4n) is 3.58. The highest BCUT2D eigenvalue weighted by atomic mass is 16.5. The smallest absolute Gasteiger partial charge is 0.317 e. The second-order valence-corrected chi connectivity index (χ2v) is 7.52. The monoisotopic (exact) mass is 431 g/mol. The van der Waals surface area contributed by atoms with Crippen LogP contribution in [0.25, 0.3) is 21.9 Å². The van der Waals surface area contributed by atoms with Crippen LogP contribution in [0.15, 0.2) is 71.1 Å². The van der Waals surface area contributed by atoms with E-state index in [0.717, 1.165) is 21.9 Å². The Kier molecular flexibility index (Phi) is 6.26. The zero-order valence-electron chi connectivity index (χ0n) is 18.1. The largest absolute Gasteiger partial charge is 0.495 e. The summed E-state index contributed by atoms with van der Waals surface area (Å²) >= 11 is 0. The molecule has 0 unspecified atom stereocenters. The Bertz CT molecular complexity index is 1250. The van der Waals surface area contributed by atoms with Crippen molar-refractivity contribution in [1.82, 2.24) is 10.2 Å². The topological polar surface area (TPSA) is 83.8 Å². The van der Waals surface area contributed by atoms with Crippen molar-refractivity contribution in [2.75, 3.05) is 26.0 Å². The molecule has 0 aliphatic rings. The molecule has 4 rings (SSSR count). The molecular weight excluding hydrogens is 406 g/mol. The Balaban J connectivity index is 1.35. The molecule has 7 nitrogen and oxygen atoms in total. The van der Waals surface area contributed by atoms with E-state index in [-0.39, 0.29) is 24.9 Å². The maximum absolute atomic E-state index is 12.5. The van der Waals surface area contributed by atoms with Crippen molar-refractivity contribution in [2.24, 2.45) is 0 Å². The van der Waals surface area contributed by atoms with Crippen molar-refractivity contribution in [3.63, 3.8) is 0 Å². The third kappa shape index (κ3) is 4.67. The summed E-state index contributed by atoms with van der Waals surface area (Å²) in [6, 6.07) is 20.9. The van der Waals surface area contributed by atoms with Gasteiger partial charge in [0.2, 0.25) is 5.91 Å². The van der Waals surface area contributed by atoms with Gasteiger partial charge in [-0.25, -0.2) is 4.79 Å². The van der Waals surface area contributed by atoms with Gasteiger partial charge in [0.15, 0.2) is 0 Å². The molecule has 0 aliphatic heterocycles. The van der Waals surface area contributed by atoms with E-state index in [1.807, 2.05) is 60.7 Å². The highest BCUT2D eigenvalue weighted by molar-refractivity contribution is 6.07. The van der Waals surface area contributed by atoms with E-state index in [1.54, 1.807) is 25.1 Å². The third-order valence-corrected chi connectivity index (χ3v) is 5.21. The van der Waals surface area contributed by atoms with E-state index in [2.05, 4.69) is 10.6 Å². The molecule has 3 amide bonds. The zero-order chi connectivity index (χ0) is 22.5. The molecule has 0 aliphatic carbocycles. The molecule has 1 heterocycles. The Morgan fingerprint density at radius 1 is 0.969 bits per heavy atom. The number of anilines is 1. The Labute approximate surface area is 185 Å². The van der Waals surface area contributed by atoms with Gasteiger partial charge in [0, 0.05) is 43.4 Å². The number of rotatable bonds is 7.